The molecule has 3 aromatic rings. The zero-order chi connectivity index (χ0) is 16.5. The van der Waals surface area contributed by atoms with E-state index in [9.17, 15) is 4.79 Å². The molecule has 0 fully saturated rings. The van der Waals surface area contributed by atoms with E-state index in [1.165, 1.54) is 0 Å². The Morgan fingerprint density at radius 2 is 1.68 bits per heavy atom. The number of fused-ring (bicyclic) bond motifs is 8. The molecule has 0 unspecified atom stereocenters. The fourth-order valence-electron chi connectivity index (χ4n) is 4.01. The molecule has 0 spiro atoms. The van der Waals surface area contributed by atoms with Crippen LogP contribution in [0.5, 0.6) is 23.0 Å². The smallest absolute Gasteiger partial charge is 0.260 e. The minimum absolute atomic E-state index is 0.150. The molecule has 1 aromatic heterocycles. The largest absolute Gasteiger partial charge is 0.454 e. The molecule has 2 aromatic carbocycles. The average molecular weight is 335 g/mol. The summed E-state index contributed by atoms with van der Waals surface area (Å²) < 4.78 is 21.9. The molecule has 124 valence electrons. The fourth-order valence-corrected chi connectivity index (χ4v) is 4.01. The molecule has 3 heterocycles. The third kappa shape index (κ3) is 1.66. The van der Waals surface area contributed by atoms with E-state index in [2.05, 4.69) is 4.98 Å². The van der Waals surface area contributed by atoms with Gasteiger partial charge in [0.1, 0.15) is 0 Å². The molecular weight excluding hydrogens is 322 g/mol. The molecule has 0 saturated carbocycles. The number of aromatic amines is 1. The number of hydrogen-bond acceptors (Lipinski definition) is 5. The quantitative estimate of drug-likeness (QED) is 0.684. The lowest BCUT2D eigenvalue weighted by molar-refractivity contribution is 0.174. The predicted molar refractivity (Wildman–Crippen MR) is 89.7 cm³/mol. The number of hydrogen-bond donors (Lipinski definition) is 1. The second-order valence-electron chi connectivity index (χ2n) is 6.39. The number of benzene rings is 2. The van der Waals surface area contributed by atoms with E-state index in [0.717, 1.165) is 52.1 Å². The van der Waals surface area contributed by atoms with Gasteiger partial charge in [-0.1, -0.05) is 0 Å². The monoisotopic (exact) mass is 335 g/mol. The van der Waals surface area contributed by atoms with Crippen molar-refractivity contribution in [3.8, 4) is 34.3 Å². The van der Waals surface area contributed by atoms with Crippen molar-refractivity contribution < 1.29 is 18.9 Å². The first-order chi connectivity index (χ1) is 12.3. The van der Waals surface area contributed by atoms with Gasteiger partial charge in [0.15, 0.2) is 23.0 Å². The Kier molecular flexibility index (Phi) is 2.36. The summed E-state index contributed by atoms with van der Waals surface area (Å²) in [5, 5.41) is 1.49. The van der Waals surface area contributed by atoms with Crippen molar-refractivity contribution >= 4 is 10.8 Å². The Morgan fingerprint density at radius 1 is 0.880 bits per heavy atom. The van der Waals surface area contributed by atoms with E-state index < -0.39 is 0 Å². The lowest BCUT2D eigenvalue weighted by Crippen LogP contribution is -2.15. The van der Waals surface area contributed by atoms with E-state index in [0.29, 0.717) is 16.9 Å². The Morgan fingerprint density at radius 3 is 2.60 bits per heavy atom. The molecule has 6 rings (SSSR count). The maximum atomic E-state index is 12.8. The van der Waals surface area contributed by atoms with Crippen LogP contribution in [0.1, 0.15) is 11.1 Å². The highest BCUT2D eigenvalue weighted by Crippen LogP contribution is 2.45. The van der Waals surface area contributed by atoms with Crippen LogP contribution < -0.4 is 24.5 Å². The van der Waals surface area contributed by atoms with Crippen LogP contribution in [0.4, 0.5) is 0 Å². The first-order valence-corrected chi connectivity index (χ1v) is 8.20. The van der Waals surface area contributed by atoms with Crippen molar-refractivity contribution in [3.05, 3.63) is 45.7 Å². The first kappa shape index (κ1) is 13.2. The number of aryl methyl sites for hydroxylation is 2. The normalized spacial score (nSPS) is 16.0. The van der Waals surface area contributed by atoms with Gasteiger partial charge in [-0.15, -0.1) is 0 Å². The third-order valence-corrected chi connectivity index (χ3v) is 5.14. The summed E-state index contributed by atoms with van der Waals surface area (Å²) in [6, 6.07) is 7.81. The van der Waals surface area contributed by atoms with Crippen LogP contribution in [-0.4, -0.2) is 18.6 Å². The predicted octanol–water partition coefficient (Wildman–Crippen LogP) is 2.75. The van der Waals surface area contributed by atoms with Crippen LogP contribution in [0.15, 0.2) is 29.1 Å². The number of nitrogens with one attached hydrogen (secondary N) is 1. The van der Waals surface area contributed by atoms with Crippen molar-refractivity contribution in [2.45, 2.75) is 12.8 Å². The Balaban J connectivity index is 1.68. The topological polar surface area (TPSA) is 69.8 Å². The molecule has 6 heteroatoms. The minimum Gasteiger partial charge on any atom is -0.454 e. The van der Waals surface area contributed by atoms with E-state index in [1.54, 1.807) is 0 Å². The molecular formula is C19H13NO5. The molecule has 1 N–H and O–H groups in total. The molecule has 2 aliphatic heterocycles. The van der Waals surface area contributed by atoms with Gasteiger partial charge in [0.2, 0.25) is 13.6 Å². The minimum atomic E-state index is -0.165. The zero-order valence-electron chi connectivity index (χ0n) is 13.2. The fraction of sp³-hybridized carbons (Fsp3) is 0.211. The van der Waals surface area contributed by atoms with Crippen LogP contribution in [0.2, 0.25) is 0 Å². The first-order valence-electron chi connectivity index (χ1n) is 8.20. The van der Waals surface area contributed by atoms with Crippen molar-refractivity contribution in [1.29, 1.82) is 0 Å². The van der Waals surface area contributed by atoms with Gasteiger partial charge in [-0.3, -0.25) is 4.79 Å². The highest BCUT2D eigenvalue weighted by Gasteiger charge is 2.27. The summed E-state index contributed by atoms with van der Waals surface area (Å²) in [6.07, 6.45) is 1.73. The number of H-pyrrole nitrogens is 1. The maximum absolute atomic E-state index is 12.8. The van der Waals surface area contributed by atoms with Gasteiger partial charge in [0.05, 0.1) is 11.1 Å². The standard InChI is InChI=1S/C19H13NO5/c21-19-16-10(3-4-13-18(16)25-8-22-13)11-2-1-9-5-14-15(24-7-23-14)6-12(9)17(11)20-19/h3-6H,1-2,7-8H2,(H,20,21). The Labute approximate surface area is 141 Å². The number of aromatic nitrogens is 1. The third-order valence-electron chi connectivity index (χ3n) is 5.14. The molecule has 0 radical (unpaired) electrons. The summed E-state index contributed by atoms with van der Waals surface area (Å²) >= 11 is 0. The Hall–Kier alpha value is -3.15. The van der Waals surface area contributed by atoms with Crippen LogP contribution in [0.25, 0.3) is 22.0 Å². The van der Waals surface area contributed by atoms with E-state index >= 15 is 0 Å². The van der Waals surface area contributed by atoms with Gasteiger partial charge in [-0.05, 0) is 53.6 Å². The number of pyridine rings is 1. The maximum Gasteiger partial charge on any atom is 0.260 e. The highest BCUT2D eigenvalue weighted by molar-refractivity contribution is 5.96. The van der Waals surface area contributed by atoms with E-state index in [4.69, 9.17) is 18.9 Å². The molecule has 1 aliphatic carbocycles. The van der Waals surface area contributed by atoms with Crippen molar-refractivity contribution in [3.63, 3.8) is 0 Å². The molecule has 3 aliphatic rings. The van der Waals surface area contributed by atoms with E-state index in [-0.39, 0.29) is 19.1 Å². The SMILES string of the molecule is O=c1[nH]c2c(c3ccc4c(c13)OCO4)CCc1cc3c(cc1-2)OCO3. The molecule has 6 nitrogen and oxygen atoms in total. The second kappa shape index (κ2) is 4.47. The van der Waals surface area contributed by atoms with Gasteiger partial charge in [0.25, 0.3) is 5.56 Å². The summed E-state index contributed by atoms with van der Waals surface area (Å²) in [5.74, 6) is 2.66. The van der Waals surface area contributed by atoms with Crippen molar-refractivity contribution in [1.82, 2.24) is 4.98 Å². The van der Waals surface area contributed by atoms with Gasteiger partial charge < -0.3 is 23.9 Å². The van der Waals surface area contributed by atoms with Crippen LogP contribution in [-0.2, 0) is 12.8 Å². The summed E-state index contributed by atoms with van der Waals surface area (Å²) in [5.41, 5.74) is 3.98. The van der Waals surface area contributed by atoms with Crippen LogP contribution in [0, 0.1) is 0 Å². The Bertz CT molecular complexity index is 1130. The molecule has 0 amide bonds. The summed E-state index contributed by atoms with van der Waals surface area (Å²) in [7, 11) is 0. The highest BCUT2D eigenvalue weighted by atomic mass is 16.7. The molecule has 0 bridgehead atoms. The van der Waals surface area contributed by atoms with Crippen LogP contribution in [0.3, 0.4) is 0 Å². The van der Waals surface area contributed by atoms with Gasteiger partial charge in [-0.2, -0.15) is 0 Å². The second-order valence-corrected chi connectivity index (χ2v) is 6.39. The van der Waals surface area contributed by atoms with Crippen LogP contribution >= 0.6 is 0 Å². The van der Waals surface area contributed by atoms with E-state index in [1.807, 2.05) is 24.3 Å². The van der Waals surface area contributed by atoms with Crippen molar-refractivity contribution in [2.75, 3.05) is 13.6 Å². The summed E-state index contributed by atoms with van der Waals surface area (Å²) in [4.78, 5) is 15.9. The number of rotatable bonds is 0. The lowest BCUT2D eigenvalue weighted by Gasteiger charge is -2.21. The molecule has 0 saturated heterocycles. The zero-order valence-corrected chi connectivity index (χ0v) is 13.2. The van der Waals surface area contributed by atoms with Crippen molar-refractivity contribution in [2.24, 2.45) is 0 Å². The molecule has 25 heavy (non-hydrogen) atoms. The lowest BCUT2D eigenvalue weighted by atomic mass is 9.86. The van der Waals surface area contributed by atoms with Gasteiger partial charge >= 0.3 is 0 Å². The van der Waals surface area contributed by atoms with Gasteiger partial charge in [-0.25, -0.2) is 0 Å². The van der Waals surface area contributed by atoms with Gasteiger partial charge in [0, 0.05) is 5.56 Å². The molecule has 0 atom stereocenters. The summed E-state index contributed by atoms with van der Waals surface area (Å²) in [6.45, 7) is 0.389. The average Bonchev–Trinajstić information content (AvgIpc) is 3.28. The number of ether oxygens (including phenoxy) is 4.